The van der Waals surface area contributed by atoms with Crippen molar-refractivity contribution in [1.82, 2.24) is 30.2 Å². The predicted octanol–water partition coefficient (Wildman–Crippen LogP) is 3.19. The van der Waals surface area contributed by atoms with Crippen molar-refractivity contribution in [1.29, 1.82) is 0 Å². The van der Waals surface area contributed by atoms with E-state index in [1.54, 1.807) is 19.6 Å². The lowest BCUT2D eigenvalue weighted by Crippen LogP contribution is -2.53. The number of urea groups is 2. The molecule has 2 aliphatic rings. The van der Waals surface area contributed by atoms with Crippen LogP contribution in [0.15, 0.2) is 48.5 Å². The fraction of sp³-hybridized carbons (Fsp3) is 0.487. The zero-order chi connectivity index (χ0) is 37.7. The SMILES string of the molecule is NCc1cccc(CNC(=O)N2CCN(C(=O)OCCCC#CC#CCCCCOC(=O)N3CCN(C(=O)NCc4cccc(CN)c4)CC3)CC2)c1. The Balaban J connectivity index is 0.961. The van der Waals surface area contributed by atoms with Crippen LogP contribution in [0.2, 0.25) is 0 Å². The van der Waals surface area contributed by atoms with E-state index in [2.05, 4.69) is 34.3 Å². The molecule has 14 heteroatoms. The van der Waals surface area contributed by atoms with Crippen molar-refractivity contribution in [3.8, 4) is 23.7 Å². The highest BCUT2D eigenvalue weighted by Gasteiger charge is 2.26. The smallest absolute Gasteiger partial charge is 0.409 e. The molecule has 2 aromatic carbocycles. The normalized spacial score (nSPS) is 13.9. The molecule has 14 nitrogen and oxygen atoms in total. The Labute approximate surface area is 312 Å². The summed E-state index contributed by atoms with van der Waals surface area (Å²) in [4.78, 5) is 56.6. The molecule has 0 saturated carbocycles. The lowest BCUT2D eigenvalue weighted by molar-refractivity contribution is 0.0804. The van der Waals surface area contributed by atoms with Crippen molar-refractivity contribution in [2.45, 2.75) is 58.3 Å². The lowest BCUT2D eigenvalue weighted by atomic mass is 10.1. The van der Waals surface area contributed by atoms with Gasteiger partial charge in [0, 0.05) is 91.4 Å². The van der Waals surface area contributed by atoms with Crippen molar-refractivity contribution in [2.75, 3.05) is 65.6 Å². The van der Waals surface area contributed by atoms with Crippen molar-refractivity contribution in [3.63, 3.8) is 0 Å². The Hall–Kier alpha value is -5.44. The standard InChI is InChI=1S/C39H52N8O6/c40-28-32-12-10-14-34(26-32)30-42-36(48)44-16-20-46(21-17-44)38(50)52-24-8-6-4-2-1-3-5-7-9-25-53-39(51)47-22-18-45(19-23-47)37(49)43-31-35-15-11-13-33(27-35)29-41/h10-15,26-27H,4,6-9,16-25,28-31,40-41H2,(H,42,48)(H,43,49). The molecule has 0 aromatic heterocycles. The van der Waals surface area contributed by atoms with E-state index in [-0.39, 0.29) is 30.9 Å². The molecule has 6 N–H and O–H groups in total. The van der Waals surface area contributed by atoms with Crippen LogP contribution in [-0.2, 0) is 35.7 Å². The number of hydrogen-bond acceptors (Lipinski definition) is 8. The van der Waals surface area contributed by atoms with Gasteiger partial charge < -0.3 is 51.2 Å². The molecule has 0 radical (unpaired) electrons. The third-order valence-corrected chi connectivity index (χ3v) is 8.82. The van der Waals surface area contributed by atoms with Gasteiger partial charge in [-0.2, -0.15) is 0 Å². The van der Waals surface area contributed by atoms with Gasteiger partial charge in [-0.05, 0) is 53.4 Å². The quantitative estimate of drug-likeness (QED) is 0.180. The first-order valence-electron chi connectivity index (χ1n) is 18.3. The number of nitrogens with two attached hydrogens (primary N) is 2. The minimum Gasteiger partial charge on any atom is -0.449 e. The van der Waals surface area contributed by atoms with Gasteiger partial charge in [-0.1, -0.05) is 60.4 Å². The number of amides is 6. The molecular formula is C39H52N8O6. The van der Waals surface area contributed by atoms with Crippen LogP contribution in [0.5, 0.6) is 0 Å². The number of nitrogens with zero attached hydrogens (tertiary/aromatic N) is 4. The summed E-state index contributed by atoms with van der Waals surface area (Å²) in [5.41, 5.74) is 15.4. The van der Waals surface area contributed by atoms with Crippen LogP contribution in [0, 0.1) is 23.7 Å². The fourth-order valence-corrected chi connectivity index (χ4v) is 5.69. The largest absolute Gasteiger partial charge is 0.449 e. The number of nitrogens with one attached hydrogen (secondary N) is 2. The molecule has 0 bridgehead atoms. The number of carbonyl (C=O) groups is 4. The summed E-state index contributed by atoms with van der Waals surface area (Å²) in [7, 11) is 0. The Morgan fingerprint density at radius 3 is 1.42 bits per heavy atom. The average Bonchev–Trinajstić information content (AvgIpc) is 3.20. The Kier molecular flexibility index (Phi) is 17.1. The van der Waals surface area contributed by atoms with Crippen molar-refractivity contribution < 1.29 is 28.7 Å². The van der Waals surface area contributed by atoms with E-state index in [0.717, 1.165) is 28.7 Å². The third-order valence-electron chi connectivity index (χ3n) is 8.82. The average molecular weight is 729 g/mol. The van der Waals surface area contributed by atoms with E-state index >= 15 is 0 Å². The minimum absolute atomic E-state index is 0.156. The zero-order valence-corrected chi connectivity index (χ0v) is 30.4. The molecular weight excluding hydrogens is 676 g/mol. The van der Waals surface area contributed by atoms with Gasteiger partial charge in [0.25, 0.3) is 0 Å². The molecule has 53 heavy (non-hydrogen) atoms. The maximum Gasteiger partial charge on any atom is 0.409 e. The van der Waals surface area contributed by atoms with E-state index in [1.165, 1.54) is 0 Å². The van der Waals surface area contributed by atoms with Gasteiger partial charge in [-0.3, -0.25) is 0 Å². The summed E-state index contributed by atoms with van der Waals surface area (Å²) in [6, 6.07) is 15.3. The summed E-state index contributed by atoms with van der Waals surface area (Å²) >= 11 is 0. The molecule has 2 saturated heterocycles. The third kappa shape index (κ3) is 14.2. The van der Waals surface area contributed by atoms with Crippen LogP contribution in [0.4, 0.5) is 19.2 Å². The summed E-state index contributed by atoms with van der Waals surface area (Å²) in [5, 5.41) is 5.86. The molecule has 0 spiro atoms. The first-order valence-corrected chi connectivity index (χ1v) is 18.3. The van der Waals surface area contributed by atoms with E-state index < -0.39 is 0 Å². The van der Waals surface area contributed by atoms with E-state index in [4.69, 9.17) is 20.9 Å². The summed E-state index contributed by atoms with van der Waals surface area (Å²) < 4.78 is 10.8. The van der Waals surface area contributed by atoms with Crippen molar-refractivity contribution in [2.24, 2.45) is 11.5 Å². The Morgan fingerprint density at radius 2 is 0.962 bits per heavy atom. The van der Waals surface area contributed by atoms with E-state index in [9.17, 15) is 19.2 Å². The van der Waals surface area contributed by atoms with Crippen molar-refractivity contribution >= 4 is 24.2 Å². The topological polar surface area (TPSA) is 176 Å². The number of benzene rings is 2. The highest BCUT2D eigenvalue weighted by Crippen LogP contribution is 2.09. The number of ether oxygens (including phenoxy) is 2. The van der Waals surface area contributed by atoms with Gasteiger partial charge >= 0.3 is 24.2 Å². The van der Waals surface area contributed by atoms with E-state index in [0.29, 0.717) is 111 Å². The number of carbonyl (C=O) groups excluding carboxylic acids is 4. The highest BCUT2D eigenvalue weighted by molar-refractivity contribution is 5.75. The molecule has 284 valence electrons. The van der Waals surface area contributed by atoms with Crippen LogP contribution in [0.1, 0.15) is 54.4 Å². The Bertz CT molecular complexity index is 1630. The second-order valence-electron chi connectivity index (χ2n) is 12.7. The van der Waals surface area contributed by atoms with Gasteiger partial charge in [0.2, 0.25) is 0 Å². The monoisotopic (exact) mass is 728 g/mol. The van der Waals surface area contributed by atoms with Gasteiger partial charge in [0.05, 0.1) is 13.2 Å². The summed E-state index contributed by atoms with van der Waals surface area (Å²) in [6.07, 6.45) is 2.53. The Morgan fingerprint density at radius 1 is 0.566 bits per heavy atom. The number of hydrogen-bond donors (Lipinski definition) is 4. The van der Waals surface area contributed by atoms with Crippen LogP contribution in [0.25, 0.3) is 0 Å². The van der Waals surface area contributed by atoms with Crippen molar-refractivity contribution in [3.05, 3.63) is 70.8 Å². The number of unbranched alkanes of at least 4 members (excludes halogenated alkanes) is 3. The maximum absolute atomic E-state index is 12.6. The molecule has 0 aliphatic carbocycles. The molecule has 2 fully saturated rings. The van der Waals surface area contributed by atoms with Gasteiger partial charge in [-0.25, -0.2) is 19.2 Å². The summed E-state index contributed by atoms with van der Waals surface area (Å²) in [6.45, 7) is 5.76. The van der Waals surface area contributed by atoms with Gasteiger partial charge in [0.15, 0.2) is 0 Å². The number of rotatable bonds is 13. The lowest BCUT2D eigenvalue weighted by Gasteiger charge is -2.34. The van der Waals surface area contributed by atoms with E-state index in [1.807, 2.05) is 48.5 Å². The second-order valence-corrected chi connectivity index (χ2v) is 12.7. The van der Waals surface area contributed by atoms with Crippen LogP contribution in [0.3, 0.4) is 0 Å². The second kappa shape index (κ2) is 22.5. The molecule has 2 heterocycles. The molecule has 0 atom stereocenters. The molecule has 2 aliphatic heterocycles. The predicted molar refractivity (Wildman–Crippen MR) is 201 cm³/mol. The highest BCUT2D eigenvalue weighted by atomic mass is 16.6. The number of piperazine rings is 2. The van der Waals surface area contributed by atoms with Crippen LogP contribution < -0.4 is 22.1 Å². The first-order chi connectivity index (χ1) is 25.9. The molecule has 4 rings (SSSR count). The molecule has 6 amide bonds. The molecule has 0 unspecified atom stereocenters. The first kappa shape index (κ1) is 40.3. The van der Waals surface area contributed by atoms with Gasteiger partial charge in [-0.15, -0.1) is 0 Å². The van der Waals surface area contributed by atoms with Crippen LogP contribution in [-0.4, -0.2) is 109 Å². The zero-order valence-electron chi connectivity index (χ0n) is 30.4. The van der Waals surface area contributed by atoms with Crippen LogP contribution >= 0.6 is 0 Å². The molecule has 2 aromatic rings. The summed E-state index contributed by atoms with van der Waals surface area (Å²) in [5.74, 6) is 11.6. The fourth-order valence-electron chi connectivity index (χ4n) is 5.69. The van der Waals surface area contributed by atoms with Gasteiger partial charge in [0.1, 0.15) is 0 Å². The maximum atomic E-state index is 12.6. The minimum atomic E-state index is -0.383.